The van der Waals surface area contributed by atoms with E-state index in [4.69, 9.17) is 4.74 Å². The van der Waals surface area contributed by atoms with Crippen molar-refractivity contribution in [2.24, 2.45) is 0 Å². The monoisotopic (exact) mass is 385 g/mol. The minimum Gasteiger partial charge on any atom is -0.508 e. The summed E-state index contributed by atoms with van der Waals surface area (Å²) in [7, 11) is 0. The zero-order chi connectivity index (χ0) is 19.8. The Bertz CT molecular complexity index is 1170. The number of alkyl carbamates (subject to hydrolysis) is 1. The van der Waals surface area contributed by atoms with E-state index in [-0.39, 0.29) is 24.8 Å². The number of carbonyl (C=O) groups excluding carboxylic acids is 1. The van der Waals surface area contributed by atoms with Crippen LogP contribution in [0.2, 0.25) is 0 Å². The Hall–Kier alpha value is -3.80. The molecule has 0 radical (unpaired) electrons. The summed E-state index contributed by atoms with van der Waals surface area (Å²) in [5.74, 6) is 0.790. The highest BCUT2D eigenvalue weighted by atomic mass is 16.5. The number of amides is 1. The molecule has 0 unspecified atom stereocenters. The smallest absolute Gasteiger partial charge is 0.407 e. The van der Waals surface area contributed by atoms with Crippen LogP contribution in [0.4, 0.5) is 4.79 Å². The Morgan fingerprint density at radius 2 is 1.72 bits per heavy atom. The van der Waals surface area contributed by atoms with Gasteiger partial charge in [0.25, 0.3) is 0 Å². The third-order valence-corrected chi connectivity index (χ3v) is 5.26. The van der Waals surface area contributed by atoms with Gasteiger partial charge in [-0.3, -0.25) is 0 Å². The number of benzene rings is 3. The molecule has 0 aliphatic heterocycles. The lowest BCUT2D eigenvalue weighted by Crippen LogP contribution is -2.26. The fraction of sp³-hybridized carbons (Fsp3) is 0.130. The molecule has 3 N–H and O–H groups in total. The standard InChI is InChI=1S/C23H19N3O3/c27-14-9-10-20-21(11-14)26-22(25-20)12-24-23(28)29-13-19-17-7-3-1-5-15(17)16-6-2-4-8-18(16)19/h1-11,19,27H,12-13H2,(H,24,28)(H,25,26). The second-order valence-corrected chi connectivity index (χ2v) is 7.06. The second-order valence-electron chi connectivity index (χ2n) is 7.06. The van der Waals surface area contributed by atoms with Crippen LogP contribution >= 0.6 is 0 Å². The molecule has 0 bridgehead atoms. The normalized spacial score (nSPS) is 12.6. The van der Waals surface area contributed by atoms with Gasteiger partial charge in [0.05, 0.1) is 17.6 Å². The fourth-order valence-electron chi connectivity index (χ4n) is 3.94. The maximum atomic E-state index is 12.3. The molecule has 0 saturated carbocycles. The van der Waals surface area contributed by atoms with Crippen LogP contribution in [0.25, 0.3) is 22.2 Å². The maximum Gasteiger partial charge on any atom is 0.407 e. The molecule has 5 rings (SSSR count). The van der Waals surface area contributed by atoms with Gasteiger partial charge in [-0.05, 0) is 34.4 Å². The van der Waals surface area contributed by atoms with Crippen LogP contribution in [0.3, 0.4) is 0 Å². The Morgan fingerprint density at radius 3 is 2.45 bits per heavy atom. The molecule has 1 aliphatic carbocycles. The molecule has 3 aromatic carbocycles. The topological polar surface area (TPSA) is 87.2 Å². The molecule has 0 saturated heterocycles. The van der Waals surface area contributed by atoms with Crippen molar-refractivity contribution in [2.75, 3.05) is 6.61 Å². The highest BCUT2D eigenvalue weighted by molar-refractivity contribution is 5.79. The van der Waals surface area contributed by atoms with Gasteiger partial charge in [-0.2, -0.15) is 0 Å². The Balaban J connectivity index is 1.25. The van der Waals surface area contributed by atoms with Crippen LogP contribution in [-0.2, 0) is 11.3 Å². The van der Waals surface area contributed by atoms with Crippen LogP contribution < -0.4 is 5.32 Å². The van der Waals surface area contributed by atoms with E-state index in [1.165, 1.54) is 22.3 Å². The molecule has 0 spiro atoms. The van der Waals surface area contributed by atoms with E-state index in [2.05, 4.69) is 39.6 Å². The number of carbonyl (C=O) groups is 1. The van der Waals surface area contributed by atoms with Crippen LogP contribution in [0.5, 0.6) is 5.75 Å². The minimum absolute atomic E-state index is 0.0299. The number of nitrogens with zero attached hydrogens (tertiary/aromatic N) is 1. The molecule has 29 heavy (non-hydrogen) atoms. The lowest BCUT2D eigenvalue weighted by Gasteiger charge is -2.14. The first-order chi connectivity index (χ1) is 14.2. The van der Waals surface area contributed by atoms with E-state index in [0.29, 0.717) is 11.3 Å². The largest absolute Gasteiger partial charge is 0.508 e. The number of hydrogen-bond acceptors (Lipinski definition) is 4. The first-order valence-corrected chi connectivity index (χ1v) is 9.45. The molecule has 6 nitrogen and oxygen atoms in total. The second kappa shape index (κ2) is 6.98. The fourth-order valence-corrected chi connectivity index (χ4v) is 3.94. The summed E-state index contributed by atoms with van der Waals surface area (Å²) >= 11 is 0. The summed E-state index contributed by atoms with van der Waals surface area (Å²) < 4.78 is 5.52. The number of hydrogen-bond donors (Lipinski definition) is 3. The van der Waals surface area contributed by atoms with Gasteiger partial charge in [-0.25, -0.2) is 9.78 Å². The predicted octanol–water partition coefficient (Wildman–Crippen LogP) is 4.31. The molecule has 1 aliphatic rings. The van der Waals surface area contributed by atoms with E-state index in [0.717, 1.165) is 5.52 Å². The van der Waals surface area contributed by atoms with E-state index in [9.17, 15) is 9.90 Å². The highest BCUT2D eigenvalue weighted by Crippen LogP contribution is 2.44. The maximum absolute atomic E-state index is 12.3. The molecular formula is C23H19N3O3. The predicted molar refractivity (Wildman–Crippen MR) is 110 cm³/mol. The van der Waals surface area contributed by atoms with Crippen molar-refractivity contribution < 1.29 is 14.6 Å². The number of fused-ring (bicyclic) bond motifs is 4. The number of aromatic hydroxyl groups is 1. The van der Waals surface area contributed by atoms with Crippen molar-refractivity contribution in [3.8, 4) is 16.9 Å². The third kappa shape index (κ3) is 3.18. The molecule has 144 valence electrons. The number of aromatic nitrogens is 2. The van der Waals surface area contributed by atoms with Gasteiger partial charge in [0, 0.05) is 12.0 Å². The lowest BCUT2D eigenvalue weighted by molar-refractivity contribution is 0.142. The number of H-pyrrole nitrogens is 1. The molecule has 0 fully saturated rings. The summed E-state index contributed by atoms with van der Waals surface area (Å²) in [4.78, 5) is 19.7. The van der Waals surface area contributed by atoms with Gasteiger partial charge >= 0.3 is 6.09 Å². The third-order valence-electron chi connectivity index (χ3n) is 5.26. The van der Waals surface area contributed by atoms with Gasteiger partial charge < -0.3 is 20.1 Å². The number of imidazole rings is 1. The lowest BCUT2D eigenvalue weighted by atomic mass is 9.98. The molecule has 1 aromatic heterocycles. The van der Waals surface area contributed by atoms with Crippen molar-refractivity contribution in [1.29, 1.82) is 0 Å². The minimum atomic E-state index is -0.491. The number of phenolic OH excluding ortho intramolecular Hbond substituents is 1. The number of aromatic amines is 1. The van der Waals surface area contributed by atoms with Crippen molar-refractivity contribution in [3.05, 3.63) is 83.7 Å². The van der Waals surface area contributed by atoms with E-state index < -0.39 is 6.09 Å². The molecule has 1 amide bonds. The Kier molecular flexibility index (Phi) is 4.17. The van der Waals surface area contributed by atoms with Crippen molar-refractivity contribution in [3.63, 3.8) is 0 Å². The number of rotatable bonds is 4. The molecule has 1 heterocycles. The van der Waals surface area contributed by atoms with E-state index in [1.54, 1.807) is 18.2 Å². The Labute approximate surface area is 167 Å². The van der Waals surface area contributed by atoms with Gasteiger partial charge in [-0.1, -0.05) is 48.5 Å². The summed E-state index contributed by atoms with van der Waals surface area (Å²) in [6.07, 6.45) is -0.491. The van der Waals surface area contributed by atoms with Crippen LogP contribution in [-0.4, -0.2) is 27.8 Å². The van der Waals surface area contributed by atoms with Crippen LogP contribution in [0.1, 0.15) is 22.9 Å². The quantitative estimate of drug-likeness (QED) is 0.489. The average Bonchev–Trinajstić information content (AvgIpc) is 3.29. The highest BCUT2D eigenvalue weighted by Gasteiger charge is 2.28. The van der Waals surface area contributed by atoms with Gasteiger partial charge in [0.15, 0.2) is 0 Å². The summed E-state index contributed by atoms with van der Waals surface area (Å²) in [5.41, 5.74) is 6.20. The first kappa shape index (κ1) is 17.3. The van der Waals surface area contributed by atoms with Gasteiger partial charge in [0.1, 0.15) is 18.2 Å². The van der Waals surface area contributed by atoms with Gasteiger partial charge in [-0.15, -0.1) is 0 Å². The first-order valence-electron chi connectivity index (χ1n) is 9.45. The molecular weight excluding hydrogens is 366 g/mol. The Morgan fingerprint density at radius 1 is 1.03 bits per heavy atom. The summed E-state index contributed by atoms with van der Waals surface area (Å²) in [6.45, 7) is 0.486. The summed E-state index contributed by atoms with van der Waals surface area (Å²) in [5, 5.41) is 12.3. The zero-order valence-electron chi connectivity index (χ0n) is 15.6. The number of phenols is 1. The number of nitrogens with one attached hydrogen (secondary N) is 2. The van der Waals surface area contributed by atoms with Crippen molar-refractivity contribution in [1.82, 2.24) is 15.3 Å². The SMILES string of the molecule is O=C(NCc1nc2ccc(O)cc2[nH]1)OCC1c2ccccc2-c2ccccc21. The van der Waals surface area contributed by atoms with Gasteiger partial charge in [0.2, 0.25) is 0 Å². The van der Waals surface area contributed by atoms with Crippen LogP contribution in [0.15, 0.2) is 66.7 Å². The molecule has 4 aromatic rings. The number of ether oxygens (including phenoxy) is 1. The van der Waals surface area contributed by atoms with Crippen LogP contribution in [0, 0.1) is 0 Å². The van der Waals surface area contributed by atoms with E-state index >= 15 is 0 Å². The molecule has 0 atom stereocenters. The molecule has 6 heteroatoms. The average molecular weight is 385 g/mol. The van der Waals surface area contributed by atoms with E-state index in [1.807, 2.05) is 24.3 Å². The zero-order valence-corrected chi connectivity index (χ0v) is 15.6. The summed E-state index contributed by atoms with van der Waals surface area (Å²) in [6, 6.07) is 21.4. The van der Waals surface area contributed by atoms with Crippen molar-refractivity contribution in [2.45, 2.75) is 12.5 Å². The van der Waals surface area contributed by atoms with Crippen molar-refractivity contribution >= 4 is 17.1 Å².